The van der Waals surface area contributed by atoms with Gasteiger partial charge in [-0.3, -0.25) is 9.48 Å². The van der Waals surface area contributed by atoms with Crippen LogP contribution in [0.3, 0.4) is 0 Å². The summed E-state index contributed by atoms with van der Waals surface area (Å²) in [6.07, 6.45) is -4.07. The Labute approximate surface area is 281 Å². The SMILES string of the molecule is Cc1ccc(C(=O)OCC2O[C@@H](c3nn(C)c(C#N)c3C(=O)Cl)[C@](C)(OC(=O)c3ccc(C)cc3)[C@@H]2OC(=O)c2ccc(C)cc2)cc1. The number of nitriles is 1. The van der Waals surface area contributed by atoms with Gasteiger partial charge < -0.3 is 18.9 Å². The summed E-state index contributed by atoms with van der Waals surface area (Å²) >= 11 is 5.96. The zero-order valence-electron chi connectivity index (χ0n) is 26.9. The number of hydrogen-bond acceptors (Lipinski definition) is 10. The van der Waals surface area contributed by atoms with E-state index in [-0.39, 0.29) is 33.6 Å². The van der Waals surface area contributed by atoms with E-state index in [4.69, 9.17) is 30.5 Å². The third kappa shape index (κ3) is 6.86. The summed E-state index contributed by atoms with van der Waals surface area (Å²) < 4.78 is 25.3. The van der Waals surface area contributed by atoms with Crippen LogP contribution >= 0.6 is 11.6 Å². The fourth-order valence-corrected chi connectivity index (χ4v) is 5.66. The van der Waals surface area contributed by atoms with Gasteiger partial charge in [0.15, 0.2) is 17.4 Å². The fourth-order valence-electron chi connectivity index (χ4n) is 5.47. The Morgan fingerprint density at radius 2 is 1.33 bits per heavy atom. The minimum atomic E-state index is -1.90. The van der Waals surface area contributed by atoms with Crippen LogP contribution in [0.1, 0.15) is 82.5 Å². The summed E-state index contributed by atoms with van der Waals surface area (Å²) in [5.41, 5.74) is 0.961. The molecule has 246 valence electrons. The molecule has 0 saturated carbocycles. The summed E-state index contributed by atoms with van der Waals surface area (Å²) in [7, 11) is 1.44. The average Bonchev–Trinajstić information content (AvgIpc) is 3.53. The second-order valence-electron chi connectivity index (χ2n) is 11.8. The van der Waals surface area contributed by atoms with Gasteiger partial charge in [0, 0.05) is 7.05 Å². The summed E-state index contributed by atoms with van der Waals surface area (Å²) in [5.74, 6) is -2.25. The number of halogens is 1. The molecule has 2 heterocycles. The Balaban J connectivity index is 1.60. The molecule has 0 radical (unpaired) electrons. The maximum absolute atomic E-state index is 13.7. The Bertz CT molecular complexity index is 1910. The van der Waals surface area contributed by atoms with Crippen LogP contribution in [0.15, 0.2) is 72.8 Å². The molecular weight excluding hydrogens is 638 g/mol. The first kappa shape index (κ1) is 34.0. The van der Waals surface area contributed by atoms with E-state index in [1.165, 1.54) is 14.0 Å². The van der Waals surface area contributed by atoms with Crippen LogP contribution in [0.5, 0.6) is 0 Å². The van der Waals surface area contributed by atoms with Gasteiger partial charge in [0.25, 0.3) is 5.24 Å². The van der Waals surface area contributed by atoms with E-state index in [0.717, 1.165) is 21.4 Å². The first-order chi connectivity index (χ1) is 22.8. The van der Waals surface area contributed by atoms with E-state index >= 15 is 0 Å². The molecule has 11 nitrogen and oxygen atoms in total. The van der Waals surface area contributed by atoms with Gasteiger partial charge in [0.05, 0.1) is 22.3 Å². The van der Waals surface area contributed by atoms with Gasteiger partial charge in [-0.15, -0.1) is 0 Å². The van der Waals surface area contributed by atoms with Gasteiger partial charge in [0.2, 0.25) is 0 Å². The predicted molar refractivity (Wildman–Crippen MR) is 173 cm³/mol. The lowest BCUT2D eigenvalue weighted by Gasteiger charge is -2.34. The lowest BCUT2D eigenvalue weighted by atomic mass is 9.88. The highest BCUT2D eigenvalue weighted by Crippen LogP contribution is 2.47. The second-order valence-corrected chi connectivity index (χ2v) is 12.1. The Hall–Kier alpha value is -5.31. The van der Waals surface area contributed by atoms with Gasteiger partial charge in [-0.25, -0.2) is 14.4 Å². The van der Waals surface area contributed by atoms with Gasteiger partial charge in [0.1, 0.15) is 30.6 Å². The monoisotopic (exact) mass is 669 g/mol. The number of rotatable bonds is 9. The molecule has 1 aliphatic heterocycles. The highest BCUT2D eigenvalue weighted by Gasteiger charge is 2.61. The molecule has 1 fully saturated rings. The van der Waals surface area contributed by atoms with Crippen molar-refractivity contribution >= 4 is 34.8 Å². The summed E-state index contributed by atoms with van der Waals surface area (Å²) in [5, 5.41) is 13.2. The van der Waals surface area contributed by atoms with Crippen molar-refractivity contribution in [1.29, 1.82) is 5.26 Å². The normalized spacial score (nSPS) is 20.1. The third-order valence-corrected chi connectivity index (χ3v) is 8.34. The zero-order chi connectivity index (χ0) is 34.7. The molecule has 5 rings (SSSR count). The summed E-state index contributed by atoms with van der Waals surface area (Å²) in [4.78, 5) is 53.0. The molecule has 12 heteroatoms. The Morgan fingerprint density at radius 3 is 1.81 bits per heavy atom. The number of nitrogens with zero attached hydrogens (tertiary/aromatic N) is 3. The van der Waals surface area contributed by atoms with E-state index in [1.54, 1.807) is 72.8 Å². The molecule has 0 N–H and O–H groups in total. The zero-order valence-corrected chi connectivity index (χ0v) is 27.6. The molecule has 0 bridgehead atoms. The van der Waals surface area contributed by atoms with Crippen LogP contribution in [0.4, 0.5) is 0 Å². The highest BCUT2D eigenvalue weighted by molar-refractivity contribution is 6.68. The van der Waals surface area contributed by atoms with Crippen LogP contribution in [0, 0.1) is 32.1 Å². The van der Waals surface area contributed by atoms with Crippen molar-refractivity contribution in [2.75, 3.05) is 6.61 Å². The predicted octanol–water partition coefficient (Wildman–Crippen LogP) is 5.73. The van der Waals surface area contributed by atoms with Gasteiger partial charge in [-0.05, 0) is 75.7 Å². The number of carbonyl (C=O) groups is 4. The number of ether oxygens (including phenoxy) is 4. The number of aromatic nitrogens is 2. The van der Waals surface area contributed by atoms with E-state index in [0.29, 0.717) is 0 Å². The fraction of sp³-hybridized carbons (Fsp3) is 0.278. The maximum atomic E-state index is 13.7. The Morgan fingerprint density at radius 1 is 0.854 bits per heavy atom. The van der Waals surface area contributed by atoms with Gasteiger partial charge >= 0.3 is 17.9 Å². The molecule has 1 aliphatic rings. The minimum absolute atomic E-state index is 0.128. The maximum Gasteiger partial charge on any atom is 0.338 e. The van der Waals surface area contributed by atoms with E-state index in [9.17, 15) is 24.4 Å². The molecule has 3 aromatic carbocycles. The van der Waals surface area contributed by atoms with Crippen molar-refractivity contribution in [2.45, 2.75) is 51.6 Å². The van der Waals surface area contributed by atoms with Gasteiger partial charge in [-0.2, -0.15) is 10.4 Å². The Kier molecular flexibility index (Phi) is 9.79. The van der Waals surface area contributed by atoms with Crippen LogP contribution in [0.25, 0.3) is 0 Å². The molecule has 4 atom stereocenters. The number of esters is 3. The molecule has 0 spiro atoms. The largest absolute Gasteiger partial charge is 0.459 e. The van der Waals surface area contributed by atoms with Crippen molar-refractivity contribution in [1.82, 2.24) is 9.78 Å². The van der Waals surface area contributed by atoms with Crippen molar-refractivity contribution < 1.29 is 38.1 Å². The molecule has 0 aliphatic carbocycles. The van der Waals surface area contributed by atoms with Crippen LogP contribution in [0.2, 0.25) is 0 Å². The minimum Gasteiger partial charge on any atom is -0.459 e. The first-order valence-electron chi connectivity index (χ1n) is 15.0. The molecule has 1 saturated heterocycles. The van der Waals surface area contributed by atoms with Crippen LogP contribution < -0.4 is 0 Å². The van der Waals surface area contributed by atoms with E-state index in [2.05, 4.69) is 5.10 Å². The number of benzene rings is 3. The van der Waals surface area contributed by atoms with Crippen molar-refractivity contribution in [3.8, 4) is 6.07 Å². The number of aryl methyl sites for hydroxylation is 4. The topological polar surface area (TPSA) is 147 Å². The quantitative estimate of drug-likeness (QED) is 0.123. The van der Waals surface area contributed by atoms with Crippen LogP contribution in [-0.4, -0.2) is 57.3 Å². The molecule has 1 unspecified atom stereocenters. The standard InChI is InChI=1S/C36H32ClN3O8/c1-20-6-12-23(13-7-20)33(42)45-19-27-30(47-34(43)24-14-8-21(2)9-15-24)36(4,48-35(44)25-16-10-22(3)11-17-25)31(46-27)29-28(32(37)41)26(18-38)40(5)39-29/h6-17,27,30-31H,19H2,1-5H3/t27?,30-,31+,36-/m1/s1. The second kappa shape index (κ2) is 13.8. The third-order valence-electron chi connectivity index (χ3n) is 8.15. The molecule has 0 amide bonds. The summed E-state index contributed by atoms with van der Waals surface area (Å²) in [6.45, 7) is 6.61. The number of carbonyl (C=O) groups excluding carboxylic acids is 4. The molecule has 48 heavy (non-hydrogen) atoms. The van der Waals surface area contributed by atoms with Gasteiger partial charge in [-0.1, -0.05) is 53.1 Å². The smallest absolute Gasteiger partial charge is 0.338 e. The van der Waals surface area contributed by atoms with E-state index < -0.39 is 53.7 Å². The van der Waals surface area contributed by atoms with Crippen molar-refractivity contribution in [3.05, 3.63) is 123 Å². The van der Waals surface area contributed by atoms with Crippen molar-refractivity contribution in [3.63, 3.8) is 0 Å². The highest BCUT2D eigenvalue weighted by atomic mass is 35.5. The lowest BCUT2D eigenvalue weighted by Crippen LogP contribution is -2.50. The molecule has 1 aromatic heterocycles. The summed E-state index contributed by atoms with van der Waals surface area (Å²) in [6, 6.07) is 21.9. The molecule has 4 aromatic rings. The average molecular weight is 670 g/mol. The van der Waals surface area contributed by atoms with Crippen LogP contribution in [-0.2, 0) is 26.0 Å². The molecular formula is C36H32ClN3O8. The lowest BCUT2D eigenvalue weighted by molar-refractivity contribution is -0.0897. The van der Waals surface area contributed by atoms with Crippen molar-refractivity contribution in [2.24, 2.45) is 7.05 Å². The first-order valence-corrected chi connectivity index (χ1v) is 15.3. The van der Waals surface area contributed by atoms with E-state index in [1.807, 2.05) is 26.8 Å². The number of hydrogen-bond donors (Lipinski definition) is 0.